The van der Waals surface area contributed by atoms with Crippen molar-refractivity contribution in [3.63, 3.8) is 0 Å². The van der Waals surface area contributed by atoms with Crippen molar-refractivity contribution >= 4 is 22.4 Å². The van der Waals surface area contributed by atoms with E-state index in [1.54, 1.807) is 0 Å². The van der Waals surface area contributed by atoms with Gasteiger partial charge in [-0.25, -0.2) is 0 Å². The van der Waals surface area contributed by atoms with Gasteiger partial charge in [-0.05, 0) is 42.7 Å². The second kappa shape index (κ2) is 7.81. The fourth-order valence-corrected chi connectivity index (χ4v) is 4.86. The molecule has 3 unspecified atom stereocenters. The van der Waals surface area contributed by atoms with Crippen LogP contribution in [-0.4, -0.2) is 9.14 Å². The molecule has 24 heavy (non-hydrogen) atoms. The van der Waals surface area contributed by atoms with E-state index in [2.05, 4.69) is 6.92 Å². The zero-order valence-electron chi connectivity index (χ0n) is 13.9. The zero-order chi connectivity index (χ0) is 17.0. The van der Waals surface area contributed by atoms with Crippen molar-refractivity contribution in [2.45, 2.75) is 55.0 Å². The average molecular weight is 363 g/mol. The lowest BCUT2D eigenvalue weighted by atomic mass is 10.0. The Bertz CT molecular complexity index is 687. The summed E-state index contributed by atoms with van der Waals surface area (Å²) in [5.41, 5.74) is 1.05. The Balaban J connectivity index is 1.80. The minimum absolute atomic E-state index is 0.113. The first-order chi connectivity index (χ1) is 11.7. The molecule has 0 aliphatic carbocycles. The fraction of sp³-hybridized carbons (Fsp3) is 0.400. The van der Waals surface area contributed by atoms with Crippen LogP contribution in [0, 0.1) is 0 Å². The Hall–Kier alpha value is -1.16. The lowest BCUT2D eigenvalue weighted by Gasteiger charge is -2.13. The predicted molar refractivity (Wildman–Crippen MR) is 99.6 cm³/mol. The first-order valence-corrected chi connectivity index (χ1v) is 10.1. The van der Waals surface area contributed by atoms with Gasteiger partial charge in [0.1, 0.15) is 6.10 Å². The van der Waals surface area contributed by atoms with Crippen LogP contribution in [0.4, 0.5) is 0 Å². The summed E-state index contributed by atoms with van der Waals surface area (Å²) >= 11 is 5.98. The molecule has 3 atom stereocenters. The third kappa shape index (κ3) is 3.74. The molecular weight excluding hydrogens is 340 g/mol. The van der Waals surface area contributed by atoms with Gasteiger partial charge in [0.15, 0.2) is 4.93 Å². The van der Waals surface area contributed by atoms with Crippen molar-refractivity contribution in [1.82, 2.24) is 0 Å². The lowest BCUT2D eigenvalue weighted by Crippen LogP contribution is -2.20. The molecule has 0 radical (unpaired) electrons. The number of hydrogen-bond acceptors (Lipinski definition) is 2. The van der Waals surface area contributed by atoms with E-state index >= 15 is 0 Å². The molecule has 1 aliphatic heterocycles. The van der Waals surface area contributed by atoms with Crippen LogP contribution >= 0.6 is 11.6 Å². The number of benzene rings is 2. The Morgan fingerprint density at radius 3 is 2.42 bits per heavy atom. The molecule has 3 rings (SSSR count). The van der Waals surface area contributed by atoms with Gasteiger partial charge in [-0.2, -0.15) is 0 Å². The number of unbranched alkanes of at least 4 members (excludes halogenated alkanes) is 3. The van der Waals surface area contributed by atoms with Crippen LogP contribution in [0.1, 0.15) is 50.7 Å². The molecule has 1 fully saturated rings. The Kier molecular flexibility index (Phi) is 5.75. The van der Waals surface area contributed by atoms with E-state index in [1.165, 1.54) is 12.8 Å². The lowest BCUT2D eigenvalue weighted by molar-refractivity contribution is 0.337. The van der Waals surface area contributed by atoms with Crippen LogP contribution in [0.15, 0.2) is 59.5 Å². The molecule has 1 heterocycles. The van der Waals surface area contributed by atoms with Gasteiger partial charge in [-0.3, -0.25) is 4.21 Å². The summed E-state index contributed by atoms with van der Waals surface area (Å²) in [4.78, 5) is 0.243. The molecule has 2 aromatic carbocycles. The first-order valence-electron chi connectivity index (χ1n) is 8.57. The van der Waals surface area contributed by atoms with Gasteiger partial charge in [-0.1, -0.05) is 68.1 Å². The van der Waals surface area contributed by atoms with Gasteiger partial charge < -0.3 is 4.74 Å². The fourth-order valence-electron chi connectivity index (χ4n) is 3.09. The summed E-state index contributed by atoms with van der Waals surface area (Å²) in [7, 11) is -1.18. The molecule has 0 spiro atoms. The summed E-state index contributed by atoms with van der Waals surface area (Å²) in [5.74, 6) is 0. The number of hydrogen-bond donors (Lipinski definition) is 0. The molecule has 0 aromatic heterocycles. The van der Waals surface area contributed by atoms with Crippen LogP contribution in [-0.2, 0) is 15.5 Å². The molecular formula is C20H23ClO2S. The summed E-state index contributed by atoms with van der Waals surface area (Å²) in [6, 6.07) is 17.3. The summed E-state index contributed by atoms with van der Waals surface area (Å²) in [6.07, 6.45) is 5.30. The van der Waals surface area contributed by atoms with Crippen LogP contribution in [0.2, 0.25) is 5.02 Å². The standard InChI is InChI=1S/C20H23ClO2S/c1-2-3-4-8-15-20(24(22)18-9-6-5-7-10-18)19(23-20)16-11-13-17(21)14-12-16/h5-7,9-14,19H,2-4,8,15H2,1H3. The minimum atomic E-state index is -1.18. The third-order valence-corrected chi connectivity index (χ3v) is 6.58. The SMILES string of the molecule is CCCCCCC1(S(=O)c2ccccc2)OC1c1ccc(Cl)cc1. The van der Waals surface area contributed by atoms with Gasteiger partial charge in [0.2, 0.25) is 0 Å². The van der Waals surface area contributed by atoms with E-state index in [-0.39, 0.29) is 6.10 Å². The molecule has 128 valence electrons. The normalized spacial score (nSPS) is 23.8. The van der Waals surface area contributed by atoms with Gasteiger partial charge in [0.25, 0.3) is 0 Å². The van der Waals surface area contributed by atoms with E-state index in [0.29, 0.717) is 5.02 Å². The molecule has 1 saturated heterocycles. The van der Waals surface area contributed by atoms with Crippen LogP contribution < -0.4 is 0 Å². The van der Waals surface area contributed by atoms with E-state index in [1.807, 2.05) is 54.6 Å². The number of ether oxygens (including phenoxy) is 1. The quantitative estimate of drug-likeness (QED) is 0.433. The van der Waals surface area contributed by atoms with Gasteiger partial charge in [0.05, 0.1) is 10.8 Å². The Labute approximate surface area is 151 Å². The molecule has 0 saturated carbocycles. The smallest absolute Gasteiger partial charge is 0.178 e. The maximum Gasteiger partial charge on any atom is 0.178 e. The van der Waals surface area contributed by atoms with Crippen molar-refractivity contribution in [2.75, 3.05) is 0 Å². The number of halogens is 1. The summed E-state index contributed by atoms with van der Waals surface area (Å²) in [5, 5.41) is 0.706. The highest BCUT2D eigenvalue weighted by atomic mass is 35.5. The van der Waals surface area contributed by atoms with Crippen LogP contribution in [0.5, 0.6) is 0 Å². The maximum atomic E-state index is 13.2. The van der Waals surface area contributed by atoms with Crippen molar-refractivity contribution < 1.29 is 8.95 Å². The second-order valence-corrected chi connectivity index (χ2v) is 8.39. The third-order valence-electron chi connectivity index (χ3n) is 4.48. The molecule has 1 aliphatic rings. The highest BCUT2D eigenvalue weighted by Gasteiger charge is 2.61. The first kappa shape index (κ1) is 17.7. The molecule has 4 heteroatoms. The van der Waals surface area contributed by atoms with Gasteiger partial charge in [0, 0.05) is 9.92 Å². The zero-order valence-corrected chi connectivity index (χ0v) is 15.5. The highest BCUT2D eigenvalue weighted by molar-refractivity contribution is 7.86. The van der Waals surface area contributed by atoms with Crippen LogP contribution in [0.25, 0.3) is 0 Å². The van der Waals surface area contributed by atoms with Crippen molar-refractivity contribution in [2.24, 2.45) is 0 Å². The number of rotatable bonds is 8. The Morgan fingerprint density at radius 2 is 1.75 bits per heavy atom. The molecule has 2 nitrogen and oxygen atoms in total. The van der Waals surface area contributed by atoms with E-state index in [4.69, 9.17) is 16.3 Å². The molecule has 0 N–H and O–H groups in total. The second-order valence-electron chi connectivity index (χ2n) is 6.25. The van der Waals surface area contributed by atoms with Crippen molar-refractivity contribution in [1.29, 1.82) is 0 Å². The highest BCUT2D eigenvalue weighted by Crippen LogP contribution is 2.56. The van der Waals surface area contributed by atoms with Crippen molar-refractivity contribution in [3.8, 4) is 0 Å². The predicted octanol–water partition coefficient (Wildman–Crippen LogP) is 5.89. The average Bonchev–Trinajstić information content (AvgIpc) is 3.35. The van der Waals surface area contributed by atoms with E-state index in [9.17, 15) is 4.21 Å². The monoisotopic (exact) mass is 362 g/mol. The topological polar surface area (TPSA) is 29.6 Å². The number of epoxide rings is 1. The Morgan fingerprint density at radius 1 is 1.04 bits per heavy atom. The van der Waals surface area contributed by atoms with Crippen molar-refractivity contribution in [3.05, 3.63) is 65.2 Å². The van der Waals surface area contributed by atoms with E-state index in [0.717, 1.165) is 29.7 Å². The summed E-state index contributed by atoms with van der Waals surface area (Å²) < 4.78 is 19.3. The van der Waals surface area contributed by atoms with Gasteiger partial charge in [-0.15, -0.1) is 0 Å². The minimum Gasteiger partial charge on any atom is -0.346 e. The molecule has 0 bridgehead atoms. The van der Waals surface area contributed by atoms with Crippen LogP contribution in [0.3, 0.4) is 0 Å². The largest absolute Gasteiger partial charge is 0.346 e. The molecule has 2 aromatic rings. The van der Waals surface area contributed by atoms with Gasteiger partial charge >= 0.3 is 0 Å². The maximum absolute atomic E-state index is 13.2. The van der Waals surface area contributed by atoms with E-state index < -0.39 is 15.7 Å². The summed E-state index contributed by atoms with van der Waals surface area (Å²) in [6.45, 7) is 2.20. The molecule has 0 amide bonds.